The van der Waals surface area contributed by atoms with E-state index >= 15 is 0 Å². The Hall–Kier alpha value is -1.55. The van der Waals surface area contributed by atoms with Gasteiger partial charge in [0.15, 0.2) is 0 Å². The Morgan fingerprint density at radius 1 is 1.25 bits per heavy atom. The molecule has 5 heteroatoms. The van der Waals surface area contributed by atoms with Gasteiger partial charge in [-0.05, 0) is 37.0 Å². The molecule has 1 aromatic rings. The second-order valence-corrected chi connectivity index (χ2v) is 5.96. The summed E-state index contributed by atoms with van der Waals surface area (Å²) in [6, 6.07) is 7.48. The molecule has 0 aromatic heterocycles. The van der Waals surface area contributed by atoms with Crippen molar-refractivity contribution in [1.29, 1.82) is 0 Å². The molecule has 1 N–H and O–H groups in total. The molecular formula is C15H17ClN2O2. The fourth-order valence-electron chi connectivity index (χ4n) is 2.80. The van der Waals surface area contributed by atoms with Gasteiger partial charge in [0.1, 0.15) is 0 Å². The Kier molecular flexibility index (Phi) is 3.42. The molecule has 1 heterocycles. The van der Waals surface area contributed by atoms with Crippen molar-refractivity contribution in [1.82, 2.24) is 10.2 Å². The molecule has 0 atom stereocenters. The quantitative estimate of drug-likeness (QED) is 0.902. The van der Waals surface area contributed by atoms with Gasteiger partial charge in [-0.2, -0.15) is 0 Å². The van der Waals surface area contributed by atoms with Gasteiger partial charge < -0.3 is 10.2 Å². The van der Waals surface area contributed by atoms with Crippen LogP contribution in [0.25, 0.3) is 0 Å². The van der Waals surface area contributed by atoms with Gasteiger partial charge in [0, 0.05) is 18.1 Å². The Bertz CT molecular complexity index is 537. The van der Waals surface area contributed by atoms with E-state index in [1.807, 2.05) is 24.3 Å². The Labute approximate surface area is 123 Å². The average Bonchev–Trinajstić information content (AvgIpc) is 3.24. The predicted molar refractivity (Wildman–Crippen MR) is 76.6 cm³/mol. The first-order valence-corrected chi connectivity index (χ1v) is 7.32. The zero-order valence-corrected chi connectivity index (χ0v) is 11.9. The second kappa shape index (κ2) is 5.09. The van der Waals surface area contributed by atoms with Crippen molar-refractivity contribution in [3.8, 4) is 0 Å². The van der Waals surface area contributed by atoms with E-state index in [1.54, 1.807) is 4.90 Å². The standard InChI is InChI=1S/C15H17ClN2O2/c16-12-4-2-11(3-5-12)15(6-7-15)14(20)18-9-1-8-17-13(19)10-18/h2-5H,1,6-10H2,(H,17,19). The molecule has 1 aromatic carbocycles. The molecule has 2 fully saturated rings. The molecule has 4 nitrogen and oxygen atoms in total. The summed E-state index contributed by atoms with van der Waals surface area (Å²) in [5.74, 6) is 0.0135. The van der Waals surface area contributed by atoms with Crippen molar-refractivity contribution in [2.24, 2.45) is 0 Å². The minimum Gasteiger partial charge on any atom is -0.354 e. The van der Waals surface area contributed by atoms with E-state index in [2.05, 4.69) is 5.32 Å². The Morgan fingerprint density at radius 3 is 2.60 bits per heavy atom. The van der Waals surface area contributed by atoms with E-state index in [-0.39, 0.29) is 18.4 Å². The molecule has 20 heavy (non-hydrogen) atoms. The van der Waals surface area contributed by atoms with Crippen LogP contribution in [-0.4, -0.2) is 36.3 Å². The summed E-state index contributed by atoms with van der Waals surface area (Å²) >= 11 is 5.90. The van der Waals surface area contributed by atoms with Crippen LogP contribution >= 0.6 is 11.6 Å². The number of nitrogens with one attached hydrogen (secondary N) is 1. The molecule has 2 amide bonds. The molecule has 3 rings (SSSR count). The molecule has 106 valence electrons. The second-order valence-electron chi connectivity index (χ2n) is 5.52. The van der Waals surface area contributed by atoms with Crippen LogP contribution in [0, 0.1) is 0 Å². The van der Waals surface area contributed by atoms with Gasteiger partial charge in [0.05, 0.1) is 12.0 Å². The number of halogens is 1. The molecule has 0 radical (unpaired) electrons. The number of amides is 2. The summed E-state index contributed by atoms with van der Waals surface area (Å²) in [6.45, 7) is 1.47. The number of carbonyl (C=O) groups excluding carboxylic acids is 2. The predicted octanol–water partition coefficient (Wildman–Crippen LogP) is 1.72. The van der Waals surface area contributed by atoms with Crippen molar-refractivity contribution in [3.63, 3.8) is 0 Å². The van der Waals surface area contributed by atoms with Crippen LogP contribution in [0.3, 0.4) is 0 Å². The van der Waals surface area contributed by atoms with Gasteiger partial charge in [-0.15, -0.1) is 0 Å². The molecule has 0 spiro atoms. The first kappa shape index (κ1) is 13.4. The lowest BCUT2D eigenvalue weighted by Gasteiger charge is -2.25. The number of hydrogen-bond acceptors (Lipinski definition) is 2. The monoisotopic (exact) mass is 292 g/mol. The Morgan fingerprint density at radius 2 is 1.95 bits per heavy atom. The topological polar surface area (TPSA) is 49.4 Å². The van der Waals surface area contributed by atoms with Crippen LogP contribution in [0.1, 0.15) is 24.8 Å². The van der Waals surface area contributed by atoms with Gasteiger partial charge in [-0.25, -0.2) is 0 Å². The van der Waals surface area contributed by atoms with Crippen LogP contribution in [0.4, 0.5) is 0 Å². The van der Waals surface area contributed by atoms with E-state index in [0.717, 1.165) is 24.8 Å². The first-order chi connectivity index (χ1) is 9.62. The van der Waals surface area contributed by atoms with Crippen LogP contribution in [-0.2, 0) is 15.0 Å². The molecule has 1 saturated carbocycles. The van der Waals surface area contributed by atoms with E-state index in [1.165, 1.54) is 0 Å². The summed E-state index contributed by atoms with van der Waals surface area (Å²) in [7, 11) is 0. The maximum absolute atomic E-state index is 12.8. The minimum atomic E-state index is -0.421. The highest BCUT2D eigenvalue weighted by Crippen LogP contribution is 2.49. The van der Waals surface area contributed by atoms with Gasteiger partial charge in [-0.3, -0.25) is 9.59 Å². The van der Waals surface area contributed by atoms with Crippen LogP contribution in [0.2, 0.25) is 5.02 Å². The van der Waals surface area contributed by atoms with Gasteiger partial charge in [0.25, 0.3) is 0 Å². The fourth-order valence-corrected chi connectivity index (χ4v) is 2.93. The molecule has 1 aliphatic carbocycles. The van der Waals surface area contributed by atoms with Gasteiger partial charge >= 0.3 is 0 Å². The number of carbonyl (C=O) groups is 2. The van der Waals surface area contributed by atoms with Crippen LogP contribution < -0.4 is 5.32 Å². The molecule has 1 aliphatic heterocycles. The van der Waals surface area contributed by atoms with Crippen LogP contribution in [0.15, 0.2) is 24.3 Å². The number of benzene rings is 1. The van der Waals surface area contributed by atoms with Crippen molar-refractivity contribution in [2.45, 2.75) is 24.7 Å². The number of rotatable bonds is 2. The average molecular weight is 293 g/mol. The molecular weight excluding hydrogens is 276 g/mol. The van der Waals surface area contributed by atoms with E-state index < -0.39 is 5.41 Å². The largest absolute Gasteiger partial charge is 0.354 e. The number of nitrogens with zero attached hydrogens (tertiary/aromatic N) is 1. The lowest BCUT2D eigenvalue weighted by Crippen LogP contribution is -2.43. The van der Waals surface area contributed by atoms with Crippen molar-refractivity contribution < 1.29 is 9.59 Å². The SMILES string of the molecule is O=C1CN(C(=O)C2(c3ccc(Cl)cc3)CC2)CCCN1. The highest BCUT2D eigenvalue weighted by Gasteiger charge is 2.53. The normalized spacial score (nSPS) is 21.1. The van der Waals surface area contributed by atoms with E-state index in [0.29, 0.717) is 18.1 Å². The smallest absolute Gasteiger partial charge is 0.239 e. The summed E-state index contributed by atoms with van der Waals surface area (Å²) in [6.07, 6.45) is 2.52. The third-order valence-electron chi connectivity index (χ3n) is 4.10. The van der Waals surface area contributed by atoms with E-state index in [4.69, 9.17) is 11.6 Å². The highest BCUT2D eigenvalue weighted by molar-refractivity contribution is 6.30. The first-order valence-electron chi connectivity index (χ1n) is 6.94. The van der Waals surface area contributed by atoms with Crippen LogP contribution in [0.5, 0.6) is 0 Å². The van der Waals surface area contributed by atoms with Crippen molar-refractivity contribution >= 4 is 23.4 Å². The van der Waals surface area contributed by atoms with Crippen molar-refractivity contribution in [3.05, 3.63) is 34.9 Å². The van der Waals surface area contributed by atoms with Gasteiger partial charge in [-0.1, -0.05) is 23.7 Å². The zero-order chi connectivity index (χ0) is 14.2. The Balaban J connectivity index is 1.82. The molecule has 0 unspecified atom stereocenters. The highest BCUT2D eigenvalue weighted by atomic mass is 35.5. The lowest BCUT2D eigenvalue weighted by atomic mass is 9.94. The van der Waals surface area contributed by atoms with Crippen molar-refractivity contribution in [2.75, 3.05) is 19.6 Å². The summed E-state index contributed by atoms with van der Waals surface area (Å²) in [4.78, 5) is 26.1. The fraction of sp³-hybridized carbons (Fsp3) is 0.467. The number of hydrogen-bond donors (Lipinski definition) is 1. The molecule has 1 saturated heterocycles. The maximum Gasteiger partial charge on any atom is 0.239 e. The summed E-state index contributed by atoms with van der Waals surface area (Å²) < 4.78 is 0. The molecule has 0 bridgehead atoms. The molecule has 2 aliphatic rings. The third-order valence-corrected chi connectivity index (χ3v) is 4.36. The summed E-state index contributed by atoms with van der Waals surface area (Å²) in [5, 5.41) is 3.47. The van der Waals surface area contributed by atoms with E-state index in [9.17, 15) is 9.59 Å². The summed E-state index contributed by atoms with van der Waals surface area (Å²) in [5.41, 5.74) is 0.589. The minimum absolute atomic E-state index is 0.0669. The maximum atomic E-state index is 12.8. The van der Waals surface area contributed by atoms with Gasteiger partial charge in [0.2, 0.25) is 11.8 Å². The lowest BCUT2D eigenvalue weighted by molar-refractivity contribution is -0.137. The zero-order valence-electron chi connectivity index (χ0n) is 11.2. The third kappa shape index (κ3) is 2.40.